The lowest BCUT2D eigenvalue weighted by molar-refractivity contribution is 0.398. The van der Waals surface area contributed by atoms with Gasteiger partial charge in [-0.3, -0.25) is 0 Å². The van der Waals surface area contributed by atoms with Crippen LogP contribution in [-0.2, 0) is 0 Å². The molecule has 16 heavy (non-hydrogen) atoms. The predicted octanol–water partition coefficient (Wildman–Crippen LogP) is 2.86. The highest BCUT2D eigenvalue weighted by Crippen LogP contribution is 2.22. The first-order chi connectivity index (χ1) is 7.81. The summed E-state index contributed by atoms with van der Waals surface area (Å²) < 4.78 is 5.10. The largest absolute Gasteiger partial charge is 0.481 e. The number of pyridine rings is 1. The number of hydrogen-bond donors (Lipinski definition) is 0. The molecule has 0 N–H and O–H groups in total. The van der Waals surface area contributed by atoms with Gasteiger partial charge in [-0.2, -0.15) is 4.98 Å². The summed E-state index contributed by atoms with van der Waals surface area (Å²) in [5, 5.41) is 0. The molecular weight excluding hydrogens is 200 g/mol. The van der Waals surface area contributed by atoms with Gasteiger partial charge in [0.15, 0.2) is 0 Å². The van der Waals surface area contributed by atoms with Gasteiger partial charge >= 0.3 is 0 Å². The van der Waals surface area contributed by atoms with E-state index in [9.17, 15) is 0 Å². The number of hydrogen-bond acceptors (Lipinski definition) is 3. The van der Waals surface area contributed by atoms with E-state index in [2.05, 4.69) is 4.98 Å². The van der Waals surface area contributed by atoms with E-state index in [0.717, 1.165) is 11.5 Å². The smallest absolute Gasteiger partial charge is 0.214 e. The molecule has 0 saturated carbocycles. The quantitative estimate of drug-likeness (QED) is 0.785. The standard InChI is InChI=1S/C13H14N2O/c1-15(11-7-4-3-5-8-11)12-9-6-10-13(14-12)16-2/h3-10H,1-2H3. The summed E-state index contributed by atoms with van der Waals surface area (Å²) in [6, 6.07) is 15.8. The third kappa shape index (κ3) is 2.14. The van der Waals surface area contributed by atoms with Crippen molar-refractivity contribution in [3.05, 3.63) is 48.5 Å². The third-order valence-corrected chi connectivity index (χ3v) is 2.41. The average Bonchev–Trinajstić information content (AvgIpc) is 2.39. The van der Waals surface area contributed by atoms with Gasteiger partial charge in [0, 0.05) is 18.8 Å². The number of para-hydroxylation sites is 1. The zero-order chi connectivity index (χ0) is 11.4. The minimum Gasteiger partial charge on any atom is -0.481 e. The van der Waals surface area contributed by atoms with Crippen molar-refractivity contribution in [2.24, 2.45) is 0 Å². The maximum atomic E-state index is 5.10. The van der Waals surface area contributed by atoms with E-state index in [0.29, 0.717) is 5.88 Å². The SMILES string of the molecule is COc1cccc(N(C)c2ccccc2)n1. The molecule has 0 atom stereocenters. The molecular formula is C13H14N2O. The van der Waals surface area contributed by atoms with Gasteiger partial charge in [-0.05, 0) is 18.2 Å². The van der Waals surface area contributed by atoms with Crippen molar-refractivity contribution in [2.45, 2.75) is 0 Å². The second kappa shape index (κ2) is 4.66. The molecule has 0 bridgehead atoms. The number of nitrogens with zero attached hydrogens (tertiary/aromatic N) is 2. The summed E-state index contributed by atoms with van der Waals surface area (Å²) in [6.07, 6.45) is 0. The van der Waals surface area contributed by atoms with Crippen LogP contribution in [0.1, 0.15) is 0 Å². The number of rotatable bonds is 3. The highest BCUT2D eigenvalue weighted by atomic mass is 16.5. The summed E-state index contributed by atoms with van der Waals surface area (Å²) in [5.41, 5.74) is 1.10. The van der Waals surface area contributed by atoms with Crippen LogP contribution < -0.4 is 9.64 Å². The van der Waals surface area contributed by atoms with E-state index >= 15 is 0 Å². The van der Waals surface area contributed by atoms with Gasteiger partial charge in [-0.1, -0.05) is 24.3 Å². The number of aromatic nitrogens is 1. The molecule has 1 aromatic heterocycles. The summed E-state index contributed by atoms with van der Waals surface area (Å²) in [6.45, 7) is 0. The molecule has 0 aliphatic carbocycles. The van der Waals surface area contributed by atoms with Crippen molar-refractivity contribution < 1.29 is 4.74 Å². The first-order valence-corrected chi connectivity index (χ1v) is 5.11. The zero-order valence-electron chi connectivity index (χ0n) is 9.42. The van der Waals surface area contributed by atoms with Crippen LogP contribution in [0, 0.1) is 0 Å². The normalized spacial score (nSPS) is 9.88. The van der Waals surface area contributed by atoms with Gasteiger partial charge in [-0.15, -0.1) is 0 Å². The molecule has 0 radical (unpaired) electrons. The van der Waals surface area contributed by atoms with Crippen LogP contribution in [0.2, 0.25) is 0 Å². The van der Waals surface area contributed by atoms with E-state index in [1.54, 1.807) is 7.11 Å². The molecule has 0 unspecified atom stereocenters. The molecule has 3 heteroatoms. The molecule has 0 fully saturated rings. The zero-order valence-corrected chi connectivity index (χ0v) is 9.42. The van der Waals surface area contributed by atoms with E-state index < -0.39 is 0 Å². The Balaban J connectivity index is 2.30. The van der Waals surface area contributed by atoms with Crippen LogP contribution >= 0.6 is 0 Å². The second-order valence-corrected chi connectivity index (χ2v) is 3.43. The fourth-order valence-corrected chi connectivity index (χ4v) is 1.49. The first kappa shape index (κ1) is 10.5. The van der Waals surface area contributed by atoms with Gasteiger partial charge in [0.25, 0.3) is 0 Å². The van der Waals surface area contributed by atoms with Crippen LogP contribution in [0.3, 0.4) is 0 Å². The number of anilines is 2. The third-order valence-electron chi connectivity index (χ3n) is 2.41. The highest BCUT2D eigenvalue weighted by Gasteiger charge is 2.05. The van der Waals surface area contributed by atoms with Gasteiger partial charge in [0.05, 0.1) is 7.11 Å². The fraction of sp³-hybridized carbons (Fsp3) is 0.154. The molecule has 0 aliphatic rings. The molecule has 2 aromatic rings. The van der Waals surface area contributed by atoms with E-state index in [-0.39, 0.29) is 0 Å². The molecule has 0 aliphatic heterocycles. The van der Waals surface area contributed by atoms with Crippen molar-refractivity contribution in [1.29, 1.82) is 0 Å². The van der Waals surface area contributed by atoms with Crippen molar-refractivity contribution in [3.63, 3.8) is 0 Å². The molecule has 82 valence electrons. The maximum absolute atomic E-state index is 5.10. The van der Waals surface area contributed by atoms with E-state index in [4.69, 9.17) is 4.74 Å². The Labute approximate surface area is 95.3 Å². The number of methoxy groups -OCH3 is 1. The Morgan fingerprint density at radius 3 is 2.44 bits per heavy atom. The molecule has 0 saturated heterocycles. The molecule has 3 nitrogen and oxygen atoms in total. The van der Waals surface area contributed by atoms with Gasteiger partial charge < -0.3 is 9.64 Å². The summed E-state index contributed by atoms with van der Waals surface area (Å²) >= 11 is 0. The van der Waals surface area contributed by atoms with E-state index in [1.165, 1.54) is 0 Å². The monoisotopic (exact) mass is 214 g/mol. The van der Waals surface area contributed by atoms with Crippen molar-refractivity contribution in [2.75, 3.05) is 19.1 Å². The molecule has 2 rings (SSSR count). The first-order valence-electron chi connectivity index (χ1n) is 5.11. The minimum absolute atomic E-state index is 0.625. The van der Waals surface area contributed by atoms with Gasteiger partial charge in [0.2, 0.25) is 5.88 Å². The van der Waals surface area contributed by atoms with Gasteiger partial charge in [0.1, 0.15) is 5.82 Å². The number of benzene rings is 1. The Kier molecular flexibility index (Phi) is 3.05. The summed E-state index contributed by atoms with van der Waals surface area (Å²) in [7, 11) is 3.60. The molecule has 0 spiro atoms. The second-order valence-electron chi connectivity index (χ2n) is 3.43. The van der Waals surface area contributed by atoms with Crippen molar-refractivity contribution in [1.82, 2.24) is 4.98 Å². The lowest BCUT2D eigenvalue weighted by atomic mass is 10.3. The lowest BCUT2D eigenvalue weighted by Crippen LogP contribution is -2.11. The maximum Gasteiger partial charge on any atom is 0.214 e. The van der Waals surface area contributed by atoms with E-state index in [1.807, 2.05) is 60.5 Å². The van der Waals surface area contributed by atoms with Crippen LogP contribution in [-0.4, -0.2) is 19.1 Å². The van der Waals surface area contributed by atoms with Crippen molar-refractivity contribution in [3.8, 4) is 5.88 Å². The van der Waals surface area contributed by atoms with Crippen LogP contribution in [0.25, 0.3) is 0 Å². The summed E-state index contributed by atoms with van der Waals surface area (Å²) in [5.74, 6) is 1.49. The highest BCUT2D eigenvalue weighted by molar-refractivity contribution is 5.59. The van der Waals surface area contributed by atoms with Crippen LogP contribution in [0.5, 0.6) is 5.88 Å². The molecule has 1 aromatic carbocycles. The Morgan fingerprint density at radius 2 is 1.75 bits per heavy atom. The molecule has 1 heterocycles. The minimum atomic E-state index is 0.625. The van der Waals surface area contributed by atoms with Crippen molar-refractivity contribution >= 4 is 11.5 Å². The number of ether oxygens (including phenoxy) is 1. The Hall–Kier alpha value is -2.03. The van der Waals surface area contributed by atoms with Crippen LogP contribution in [0.15, 0.2) is 48.5 Å². The Bertz CT molecular complexity index is 456. The molecule has 0 amide bonds. The topological polar surface area (TPSA) is 25.4 Å². The Morgan fingerprint density at radius 1 is 1.00 bits per heavy atom. The van der Waals surface area contributed by atoms with Crippen LogP contribution in [0.4, 0.5) is 11.5 Å². The average molecular weight is 214 g/mol. The predicted molar refractivity (Wildman–Crippen MR) is 65.3 cm³/mol. The lowest BCUT2D eigenvalue weighted by Gasteiger charge is -2.18. The summed E-state index contributed by atoms with van der Waals surface area (Å²) in [4.78, 5) is 6.39. The van der Waals surface area contributed by atoms with Gasteiger partial charge in [-0.25, -0.2) is 0 Å². The fourth-order valence-electron chi connectivity index (χ4n) is 1.49.